The van der Waals surface area contributed by atoms with Crippen molar-refractivity contribution in [2.75, 3.05) is 75.0 Å². The van der Waals surface area contributed by atoms with Crippen LogP contribution in [0, 0.1) is 0 Å². The molecule has 0 radical (unpaired) electrons. The van der Waals surface area contributed by atoms with Crippen LogP contribution in [0.4, 0.5) is 22.0 Å². The summed E-state index contributed by atoms with van der Waals surface area (Å²) in [6.45, 7) is 11.4. The van der Waals surface area contributed by atoms with Crippen LogP contribution in [0.2, 0.25) is 0 Å². The molecule has 0 saturated carbocycles. The van der Waals surface area contributed by atoms with Crippen molar-refractivity contribution < 1.29 is 9.59 Å². The van der Waals surface area contributed by atoms with Crippen molar-refractivity contribution in [3.8, 4) is 0 Å². The number of amides is 3. The monoisotopic (exact) mass is 532 g/mol. The highest BCUT2D eigenvalue weighted by Gasteiger charge is 2.29. The highest BCUT2D eigenvalue weighted by Crippen LogP contribution is 2.27. The van der Waals surface area contributed by atoms with E-state index in [4.69, 9.17) is 0 Å². The molecule has 208 valence electrons. The molecule has 1 aromatic carbocycles. The first kappa shape index (κ1) is 26.8. The molecule has 2 aliphatic heterocycles. The summed E-state index contributed by atoms with van der Waals surface area (Å²) in [6, 6.07) is 12.2. The highest BCUT2D eigenvalue weighted by molar-refractivity contribution is 6.00. The SMILES string of the molecule is CCN(C)c1cccnc1N1CCN(C(=O)c2cc3cc(NC(=O)N4CC(C)N(C)C(C)C4)ccc3[nH]2)CC1. The molecule has 2 saturated heterocycles. The fourth-order valence-electron chi connectivity index (χ4n) is 5.49. The number of carbonyl (C=O) groups excluding carboxylic acids is 2. The van der Waals surface area contributed by atoms with Crippen LogP contribution < -0.4 is 15.1 Å². The number of pyridine rings is 1. The Morgan fingerprint density at radius 3 is 2.46 bits per heavy atom. The van der Waals surface area contributed by atoms with E-state index >= 15 is 0 Å². The molecule has 3 aromatic rings. The van der Waals surface area contributed by atoms with E-state index in [-0.39, 0.29) is 11.9 Å². The van der Waals surface area contributed by atoms with Crippen molar-refractivity contribution in [3.63, 3.8) is 0 Å². The minimum atomic E-state index is -0.0907. The molecule has 4 heterocycles. The zero-order valence-electron chi connectivity index (χ0n) is 23.6. The number of anilines is 3. The van der Waals surface area contributed by atoms with Gasteiger partial charge in [-0.3, -0.25) is 9.69 Å². The van der Waals surface area contributed by atoms with Crippen LogP contribution in [0.3, 0.4) is 0 Å². The number of piperazine rings is 2. The minimum absolute atomic E-state index is 0.0104. The molecule has 39 heavy (non-hydrogen) atoms. The van der Waals surface area contributed by atoms with Gasteiger partial charge < -0.3 is 29.9 Å². The van der Waals surface area contributed by atoms with Crippen LogP contribution in [-0.4, -0.2) is 109 Å². The van der Waals surface area contributed by atoms with Crippen molar-refractivity contribution in [2.45, 2.75) is 32.9 Å². The van der Waals surface area contributed by atoms with Crippen molar-refractivity contribution in [1.82, 2.24) is 24.7 Å². The Kier molecular flexibility index (Phi) is 7.65. The zero-order valence-corrected chi connectivity index (χ0v) is 23.6. The molecule has 2 aromatic heterocycles. The molecular weight excluding hydrogens is 492 g/mol. The molecular formula is C29H40N8O2. The predicted octanol–water partition coefficient (Wildman–Crippen LogP) is 3.54. The van der Waals surface area contributed by atoms with Gasteiger partial charge in [0.1, 0.15) is 5.69 Å². The van der Waals surface area contributed by atoms with Crippen LogP contribution in [0.5, 0.6) is 0 Å². The fourth-order valence-corrected chi connectivity index (χ4v) is 5.49. The maximum atomic E-state index is 13.4. The Hall–Kier alpha value is -3.79. The first-order valence-corrected chi connectivity index (χ1v) is 13.9. The maximum Gasteiger partial charge on any atom is 0.321 e. The molecule has 2 unspecified atom stereocenters. The average molecular weight is 533 g/mol. The second kappa shape index (κ2) is 11.1. The molecule has 10 heteroatoms. The lowest BCUT2D eigenvalue weighted by atomic mass is 10.1. The van der Waals surface area contributed by atoms with Gasteiger partial charge in [0.05, 0.1) is 5.69 Å². The number of urea groups is 1. The Morgan fingerprint density at radius 1 is 1.05 bits per heavy atom. The molecule has 2 atom stereocenters. The smallest absolute Gasteiger partial charge is 0.321 e. The van der Waals surface area contributed by atoms with E-state index in [0.29, 0.717) is 44.0 Å². The Bertz CT molecular complexity index is 1320. The van der Waals surface area contributed by atoms with Gasteiger partial charge in [-0.1, -0.05) is 0 Å². The molecule has 0 bridgehead atoms. The molecule has 2 aliphatic rings. The van der Waals surface area contributed by atoms with Gasteiger partial charge in [-0.05, 0) is 64.2 Å². The van der Waals surface area contributed by atoms with Crippen molar-refractivity contribution >= 4 is 40.0 Å². The first-order valence-electron chi connectivity index (χ1n) is 13.9. The van der Waals surface area contributed by atoms with E-state index in [2.05, 4.69) is 70.9 Å². The van der Waals surface area contributed by atoms with E-state index in [0.717, 1.165) is 47.7 Å². The van der Waals surface area contributed by atoms with E-state index < -0.39 is 0 Å². The number of nitrogens with zero attached hydrogens (tertiary/aromatic N) is 6. The van der Waals surface area contributed by atoms with E-state index in [1.807, 2.05) is 46.3 Å². The predicted molar refractivity (Wildman–Crippen MR) is 157 cm³/mol. The third kappa shape index (κ3) is 5.52. The van der Waals surface area contributed by atoms with Crippen LogP contribution in [-0.2, 0) is 0 Å². The number of likely N-dealkylation sites (N-methyl/N-ethyl adjacent to an activating group) is 1. The summed E-state index contributed by atoms with van der Waals surface area (Å²) in [5.41, 5.74) is 3.27. The number of aromatic nitrogens is 2. The largest absolute Gasteiger partial charge is 0.372 e. The number of hydrogen-bond donors (Lipinski definition) is 2. The second-order valence-corrected chi connectivity index (χ2v) is 10.8. The van der Waals surface area contributed by atoms with Crippen LogP contribution in [0.1, 0.15) is 31.3 Å². The second-order valence-electron chi connectivity index (χ2n) is 10.8. The third-order valence-electron chi connectivity index (χ3n) is 8.27. The number of nitrogens with one attached hydrogen (secondary N) is 2. The molecule has 2 N–H and O–H groups in total. The average Bonchev–Trinajstić information content (AvgIpc) is 3.38. The van der Waals surface area contributed by atoms with Gasteiger partial charge in [0.15, 0.2) is 5.82 Å². The van der Waals surface area contributed by atoms with Crippen LogP contribution >= 0.6 is 0 Å². The molecule has 10 nitrogen and oxygen atoms in total. The van der Waals surface area contributed by atoms with Gasteiger partial charge in [-0.25, -0.2) is 9.78 Å². The molecule has 5 rings (SSSR count). The van der Waals surface area contributed by atoms with E-state index in [1.165, 1.54) is 0 Å². The van der Waals surface area contributed by atoms with E-state index in [9.17, 15) is 9.59 Å². The number of aromatic amines is 1. The van der Waals surface area contributed by atoms with Crippen molar-refractivity contribution in [1.29, 1.82) is 0 Å². The normalized spacial score (nSPS) is 20.4. The number of H-pyrrole nitrogens is 1. The summed E-state index contributed by atoms with van der Waals surface area (Å²) in [5.74, 6) is 0.957. The lowest BCUT2D eigenvalue weighted by Gasteiger charge is -2.42. The van der Waals surface area contributed by atoms with E-state index in [1.54, 1.807) is 0 Å². The number of fused-ring (bicyclic) bond motifs is 1. The van der Waals surface area contributed by atoms with Crippen LogP contribution in [0.15, 0.2) is 42.6 Å². The Morgan fingerprint density at radius 2 is 1.77 bits per heavy atom. The number of rotatable bonds is 5. The standard InChI is InChI=1S/C29H40N8O2/c1-6-33(4)26-8-7-11-30-27(26)35-12-14-36(15-13-35)28(38)25-17-22-16-23(9-10-24(22)32-25)31-29(39)37-18-20(2)34(5)21(3)19-37/h7-11,16-17,20-21,32H,6,12-15,18-19H2,1-5H3,(H,31,39). The number of hydrogen-bond acceptors (Lipinski definition) is 6. The fraction of sp³-hybridized carbons (Fsp3) is 0.483. The van der Waals surface area contributed by atoms with Gasteiger partial charge in [-0.15, -0.1) is 0 Å². The molecule has 2 fully saturated rings. The highest BCUT2D eigenvalue weighted by atomic mass is 16.2. The van der Waals surface area contributed by atoms with Crippen molar-refractivity contribution in [3.05, 3.63) is 48.3 Å². The van der Waals surface area contributed by atoms with Gasteiger partial charge in [0.25, 0.3) is 5.91 Å². The Balaban J connectivity index is 1.22. The Labute approximate surface area is 230 Å². The van der Waals surface area contributed by atoms with Gasteiger partial charge in [0.2, 0.25) is 0 Å². The topological polar surface area (TPSA) is 91.0 Å². The molecule has 3 amide bonds. The lowest BCUT2D eigenvalue weighted by Crippen LogP contribution is -2.57. The summed E-state index contributed by atoms with van der Waals surface area (Å²) in [6.07, 6.45) is 1.83. The summed E-state index contributed by atoms with van der Waals surface area (Å²) in [4.78, 5) is 44.7. The summed E-state index contributed by atoms with van der Waals surface area (Å²) >= 11 is 0. The first-order chi connectivity index (χ1) is 18.7. The number of benzene rings is 1. The molecule has 0 aliphatic carbocycles. The third-order valence-corrected chi connectivity index (χ3v) is 8.27. The minimum Gasteiger partial charge on any atom is -0.372 e. The van der Waals surface area contributed by atoms with Crippen molar-refractivity contribution in [2.24, 2.45) is 0 Å². The van der Waals surface area contributed by atoms with Gasteiger partial charge >= 0.3 is 6.03 Å². The summed E-state index contributed by atoms with van der Waals surface area (Å²) in [5, 5.41) is 3.94. The summed E-state index contributed by atoms with van der Waals surface area (Å²) in [7, 11) is 4.17. The van der Waals surface area contributed by atoms with Gasteiger partial charge in [-0.2, -0.15) is 0 Å². The summed E-state index contributed by atoms with van der Waals surface area (Å²) < 4.78 is 0. The van der Waals surface area contributed by atoms with Gasteiger partial charge in [0, 0.05) is 87.7 Å². The zero-order chi connectivity index (χ0) is 27.7. The lowest BCUT2D eigenvalue weighted by molar-refractivity contribution is 0.0741. The number of carbonyl (C=O) groups is 2. The quantitative estimate of drug-likeness (QED) is 0.523. The molecule has 0 spiro atoms. The maximum absolute atomic E-state index is 13.4. The van der Waals surface area contributed by atoms with Crippen LogP contribution in [0.25, 0.3) is 10.9 Å².